The number of hydrogen-bond donors (Lipinski definition) is 0. The molecule has 3 aliphatic heterocycles. The van der Waals surface area contributed by atoms with Crippen molar-refractivity contribution in [2.24, 2.45) is 0 Å². The Hall–Kier alpha value is -5.82. The van der Waals surface area contributed by atoms with Crippen LogP contribution in [0, 0.1) is 0 Å². The number of anilines is 6. The van der Waals surface area contributed by atoms with E-state index in [1.807, 2.05) is 22.7 Å². The Kier molecular flexibility index (Phi) is 8.82. The summed E-state index contributed by atoms with van der Waals surface area (Å²) in [6, 6.07) is 46.2. The minimum atomic E-state index is -0.139. The number of nitrogens with zero attached hydrogens (tertiary/aromatic N) is 3. The zero-order valence-electron chi connectivity index (χ0n) is 43.7. The summed E-state index contributed by atoms with van der Waals surface area (Å²) < 4.78 is 8.08. The van der Waals surface area contributed by atoms with Crippen LogP contribution in [0.2, 0.25) is 0 Å². The Bertz CT molecular complexity index is 3930. The molecule has 0 radical (unpaired) electrons. The maximum Gasteiger partial charge on any atom is 0.264 e. The van der Waals surface area contributed by atoms with Crippen molar-refractivity contribution in [1.29, 1.82) is 0 Å². The van der Waals surface area contributed by atoms with E-state index in [1.165, 1.54) is 135 Å². The minimum absolute atomic E-state index is 0.00337. The van der Waals surface area contributed by atoms with Gasteiger partial charge in [-0.25, -0.2) is 0 Å². The fourth-order valence-corrected chi connectivity index (χ4v) is 14.4. The third-order valence-electron chi connectivity index (χ3n) is 16.0. The number of aromatic nitrogens is 1. The molecule has 0 saturated heterocycles. The van der Waals surface area contributed by atoms with Gasteiger partial charge < -0.3 is 14.4 Å². The van der Waals surface area contributed by atoms with Crippen molar-refractivity contribution >= 4 is 131 Å². The molecule has 0 unspecified atom stereocenters. The van der Waals surface area contributed by atoms with Gasteiger partial charge in [-0.1, -0.05) is 146 Å². The van der Waals surface area contributed by atoms with Gasteiger partial charge in [-0.15, -0.1) is 22.7 Å². The molecule has 10 aromatic rings. The minimum Gasteiger partial charge on any atom is -0.309 e. The number of rotatable bonds is 1. The van der Waals surface area contributed by atoms with Gasteiger partial charge in [0.2, 0.25) is 0 Å². The van der Waals surface area contributed by atoms with Crippen LogP contribution >= 0.6 is 22.7 Å². The summed E-state index contributed by atoms with van der Waals surface area (Å²) in [5.74, 6) is 0. The molecule has 6 heteroatoms. The van der Waals surface area contributed by atoms with Crippen LogP contribution in [-0.4, -0.2) is 11.3 Å². The standard InChI is InChI=1S/C64H64BN3S2/c1-60(2,3)35-23-25-45-41(27-35)42-29-37(62(7,8)9)33-49-56(42)66(45)50-34-38(63(10,11)12)30-44-58(50)68(49)48-32-39(64(13,14)15)31-47-55(48)65(44)59-57(43-28-36(61(4,5)6)24-26-52(43)70-59)67(47)46-20-18-22-53-54(46)40-19-16-17-21-51(40)69-53/h16-34H,1-15H3. The molecular formula is C64H64BN3S2. The molecule has 350 valence electrons. The third-order valence-corrected chi connectivity index (χ3v) is 18.4. The average Bonchev–Trinajstić information content (AvgIpc) is 3.96. The van der Waals surface area contributed by atoms with Crippen LogP contribution in [0.25, 0.3) is 57.8 Å². The van der Waals surface area contributed by atoms with E-state index in [0.717, 1.165) is 0 Å². The van der Waals surface area contributed by atoms with Gasteiger partial charge in [0, 0.05) is 57.2 Å². The number of hydrogen-bond acceptors (Lipinski definition) is 4. The molecule has 3 nitrogen and oxygen atoms in total. The fourth-order valence-electron chi connectivity index (χ4n) is 12.0. The van der Waals surface area contributed by atoms with Gasteiger partial charge in [0.05, 0.1) is 39.5 Å². The summed E-state index contributed by atoms with van der Waals surface area (Å²) >= 11 is 3.93. The zero-order valence-corrected chi connectivity index (χ0v) is 45.3. The van der Waals surface area contributed by atoms with E-state index >= 15 is 0 Å². The van der Waals surface area contributed by atoms with E-state index < -0.39 is 0 Å². The average molecular weight is 950 g/mol. The number of thiophene rings is 2. The largest absolute Gasteiger partial charge is 0.309 e. The quantitative estimate of drug-likeness (QED) is 0.152. The van der Waals surface area contributed by atoms with Gasteiger partial charge in [0.1, 0.15) is 0 Å². The highest BCUT2D eigenvalue weighted by molar-refractivity contribution is 7.33. The maximum absolute atomic E-state index is 2.75. The van der Waals surface area contributed by atoms with Crippen LogP contribution < -0.4 is 25.5 Å². The van der Waals surface area contributed by atoms with Crippen molar-refractivity contribution in [2.45, 2.75) is 131 Å². The Morgan fingerprint density at radius 1 is 0.386 bits per heavy atom. The highest BCUT2D eigenvalue weighted by Crippen LogP contribution is 2.57. The predicted octanol–water partition coefficient (Wildman–Crippen LogP) is 17.2. The van der Waals surface area contributed by atoms with Gasteiger partial charge in [-0.05, 0) is 139 Å². The third kappa shape index (κ3) is 6.11. The summed E-state index contributed by atoms with van der Waals surface area (Å²) in [7, 11) is 0. The lowest BCUT2D eigenvalue weighted by Crippen LogP contribution is -2.61. The Labute approximate surface area is 422 Å². The van der Waals surface area contributed by atoms with Gasteiger partial charge >= 0.3 is 0 Å². The Morgan fingerprint density at radius 2 is 0.914 bits per heavy atom. The van der Waals surface area contributed by atoms with Gasteiger partial charge in [-0.3, -0.25) is 0 Å². The van der Waals surface area contributed by atoms with Crippen molar-refractivity contribution in [2.75, 3.05) is 9.80 Å². The molecule has 0 amide bonds. The van der Waals surface area contributed by atoms with E-state index in [9.17, 15) is 0 Å². The van der Waals surface area contributed by atoms with Crippen molar-refractivity contribution in [3.05, 3.63) is 143 Å². The highest BCUT2D eigenvalue weighted by atomic mass is 32.1. The first-order chi connectivity index (χ1) is 32.9. The molecule has 0 fully saturated rings. The van der Waals surface area contributed by atoms with Crippen LogP contribution in [0.15, 0.2) is 115 Å². The molecule has 13 rings (SSSR count). The second-order valence-corrected chi connectivity index (χ2v) is 28.1. The van der Waals surface area contributed by atoms with Crippen LogP contribution in [0.3, 0.4) is 0 Å². The Balaban J connectivity index is 1.25. The van der Waals surface area contributed by atoms with Crippen LogP contribution in [0.1, 0.15) is 132 Å². The molecule has 0 aliphatic carbocycles. The predicted molar refractivity (Wildman–Crippen MR) is 310 cm³/mol. The molecule has 6 heterocycles. The molecule has 0 spiro atoms. The smallest absolute Gasteiger partial charge is 0.264 e. The molecule has 0 N–H and O–H groups in total. The van der Waals surface area contributed by atoms with E-state index in [-0.39, 0.29) is 33.8 Å². The summed E-state index contributed by atoms with van der Waals surface area (Å²) in [6.07, 6.45) is 0. The molecule has 7 aromatic carbocycles. The SMILES string of the molecule is CC(C)(C)c1cc2c3c(c1)N1c4c(cc(C(C)(C)C)cc4-n4c5ccc(C(C)(C)C)cc5c5cc(C(C)(C)C)cc1c54)B3c1sc3ccc(C(C)(C)C)cc3c1N2c1cccc2sc3ccccc3c12. The first-order valence-corrected chi connectivity index (χ1v) is 27.1. The lowest BCUT2D eigenvalue weighted by Gasteiger charge is -2.47. The van der Waals surface area contributed by atoms with Gasteiger partial charge in [0.15, 0.2) is 0 Å². The number of fused-ring (bicyclic) bond motifs is 14. The Morgan fingerprint density at radius 3 is 1.59 bits per heavy atom. The van der Waals surface area contributed by atoms with Crippen LogP contribution in [0.5, 0.6) is 0 Å². The van der Waals surface area contributed by atoms with Gasteiger partial charge in [0.25, 0.3) is 6.71 Å². The van der Waals surface area contributed by atoms with Crippen LogP contribution in [-0.2, 0) is 27.1 Å². The van der Waals surface area contributed by atoms with Crippen molar-refractivity contribution in [3.63, 3.8) is 0 Å². The first-order valence-electron chi connectivity index (χ1n) is 25.5. The normalized spacial score (nSPS) is 14.7. The second kappa shape index (κ2) is 14.0. The summed E-state index contributed by atoms with van der Waals surface area (Å²) in [5, 5.41) is 6.66. The van der Waals surface area contributed by atoms with Gasteiger partial charge in [-0.2, -0.15) is 0 Å². The maximum atomic E-state index is 2.75. The van der Waals surface area contributed by atoms with E-state index in [2.05, 4.69) is 233 Å². The summed E-state index contributed by atoms with van der Waals surface area (Å²) in [6.45, 7) is 35.7. The molecule has 3 aliphatic rings. The van der Waals surface area contributed by atoms with Crippen molar-refractivity contribution in [1.82, 2.24) is 4.57 Å². The summed E-state index contributed by atoms with van der Waals surface area (Å²) in [4.78, 5) is 5.49. The monoisotopic (exact) mass is 949 g/mol. The topological polar surface area (TPSA) is 11.4 Å². The fraction of sp³-hybridized carbons (Fsp3) is 0.312. The van der Waals surface area contributed by atoms with E-state index in [4.69, 9.17) is 0 Å². The lowest BCUT2D eigenvalue weighted by molar-refractivity contribution is 0.589. The van der Waals surface area contributed by atoms with Crippen LogP contribution in [0.4, 0.5) is 34.1 Å². The van der Waals surface area contributed by atoms with Crippen molar-refractivity contribution in [3.8, 4) is 5.69 Å². The second-order valence-electron chi connectivity index (χ2n) is 25.9. The van der Waals surface area contributed by atoms with Crippen molar-refractivity contribution < 1.29 is 0 Å². The molecule has 0 bridgehead atoms. The lowest BCUT2D eigenvalue weighted by atomic mass is 9.35. The van der Waals surface area contributed by atoms with E-state index in [0.29, 0.717) is 0 Å². The first kappa shape index (κ1) is 44.1. The molecule has 0 atom stereocenters. The highest BCUT2D eigenvalue weighted by Gasteiger charge is 2.49. The molecular weight excluding hydrogens is 886 g/mol. The zero-order chi connectivity index (χ0) is 49.1. The molecule has 0 saturated carbocycles. The molecule has 3 aromatic heterocycles. The van der Waals surface area contributed by atoms with E-state index in [1.54, 1.807) is 0 Å². The summed E-state index contributed by atoms with van der Waals surface area (Å²) in [5.41, 5.74) is 20.9. The number of benzene rings is 7. The molecule has 70 heavy (non-hydrogen) atoms.